The summed E-state index contributed by atoms with van der Waals surface area (Å²) in [5.41, 5.74) is 1.18. The van der Waals surface area contributed by atoms with Gasteiger partial charge in [0, 0.05) is 37.7 Å². The fourth-order valence-electron chi connectivity index (χ4n) is 3.62. The third-order valence-corrected chi connectivity index (χ3v) is 4.80. The van der Waals surface area contributed by atoms with Gasteiger partial charge in [0.2, 0.25) is 0 Å². The van der Waals surface area contributed by atoms with Crippen LogP contribution in [0.3, 0.4) is 0 Å². The number of aryl methyl sites for hydroxylation is 1. The standard InChI is InChI=1S/C15H24N2O3/c1-11-12(8-16-20-11)9-17-6-7-19-10-14(17)13-4-3-5-15(13)18-2/h8,13-15H,3-7,9-10H2,1-2H3/t13-,14+,15+/m0/s1. The van der Waals surface area contributed by atoms with E-state index in [1.165, 1.54) is 24.8 Å². The van der Waals surface area contributed by atoms with E-state index in [1.54, 1.807) is 0 Å². The maximum Gasteiger partial charge on any atom is 0.138 e. The molecule has 0 aromatic carbocycles. The lowest BCUT2D eigenvalue weighted by molar-refractivity contribution is -0.0609. The molecule has 0 amide bonds. The minimum Gasteiger partial charge on any atom is -0.381 e. The van der Waals surface area contributed by atoms with Gasteiger partial charge >= 0.3 is 0 Å². The number of nitrogens with zero attached hydrogens (tertiary/aromatic N) is 2. The van der Waals surface area contributed by atoms with E-state index in [-0.39, 0.29) is 0 Å². The summed E-state index contributed by atoms with van der Waals surface area (Å²) in [7, 11) is 1.83. The van der Waals surface area contributed by atoms with Crippen molar-refractivity contribution >= 4 is 0 Å². The summed E-state index contributed by atoms with van der Waals surface area (Å²) in [6.07, 6.45) is 5.90. The van der Waals surface area contributed by atoms with Gasteiger partial charge in [-0.1, -0.05) is 11.6 Å². The van der Waals surface area contributed by atoms with Crippen LogP contribution in [0.2, 0.25) is 0 Å². The molecule has 3 atom stereocenters. The van der Waals surface area contributed by atoms with E-state index in [4.69, 9.17) is 14.0 Å². The number of hydrogen-bond acceptors (Lipinski definition) is 5. The van der Waals surface area contributed by atoms with E-state index in [2.05, 4.69) is 10.1 Å². The van der Waals surface area contributed by atoms with E-state index in [1.807, 2.05) is 20.2 Å². The Balaban J connectivity index is 1.72. The van der Waals surface area contributed by atoms with Crippen LogP contribution in [0.15, 0.2) is 10.7 Å². The maximum absolute atomic E-state index is 5.73. The Kier molecular flexibility index (Phi) is 4.38. The average Bonchev–Trinajstić information content (AvgIpc) is 3.09. The lowest BCUT2D eigenvalue weighted by Crippen LogP contribution is -2.50. The number of ether oxygens (including phenoxy) is 2. The zero-order valence-electron chi connectivity index (χ0n) is 12.4. The topological polar surface area (TPSA) is 47.7 Å². The number of morpholine rings is 1. The van der Waals surface area contributed by atoms with Crippen molar-refractivity contribution in [3.05, 3.63) is 17.5 Å². The van der Waals surface area contributed by atoms with Crippen LogP contribution < -0.4 is 0 Å². The molecule has 0 radical (unpaired) electrons. The second-order valence-electron chi connectivity index (χ2n) is 5.89. The van der Waals surface area contributed by atoms with Crippen LogP contribution in [-0.4, -0.2) is 49.1 Å². The van der Waals surface area contributed by atoms with Crippen LogP contribution in [0.25, 0.3) is 0 Å². The molecule has 5 nitrogen and oxygen atoms in total. The molecule has 20 heavy (non-hydrogen) atoms. The van der Waals surface area contributed by atoms with Crippen LogP contribution in [0, 0.1) is 12.8 Å². The number of hydrogen-bond donors (Lipinski definition) is 0. The largest absolute Gasteiger partial charge is 0.381 e. The van der Waals surface area contributed by atoms with Gasteiger partial charge in [-0.2, -0.15) is 0 Å². The van der Waals surface area contributed by atoms with Gasteiger partial charge in [0.15, 0.2) is 0 Å². The highest BCUT2D eigenvalue weighted by molar-refractivity contribution is 5.12. The van der Waals surface area contributed by atoms with Crippen LogP contribution in [0.4, 0.5) is 0 Å². The normalized spacial score (nSPS) is 31.8. The van der Waals surface area contributed by atoms with Crippen molar-refractivity contribution in [2.75, 3.05) is 26.9 Å². The lowest BCUT2D eigenvalue weighted by Gasteiger charge is -2.40. The molecule has 1 saturated heterocycles. The molecule has 2 aliphatic rings. The quantitative estimate of drug-likeness (QED) is 0.844. The molecular formula is C15H24N2O3. The molecule has 0 bridgehead atoms. The molecule has 1 aliphatic carbocycles. The van der Waals surface area contributed by atoms with Crippen molar-refractivity contribution in [1.29, 1.82) is 0 Å². The van der Waals surface area contributed by atoms with Crippen molar-refractivity contribution < 1.29 is 14.0 Å². The second kappa shape index (κ2) is 6.24. The molecule has 2 fully saturated rings. The van der Waals surface area contributed by atoms with Crippen molar-refractivity contribution in [2.45, 2.75) is 44.9 Å². The Morgan fingerprint density at radius 2 is 2.35 bits per heavy atom. The lowest BCUT2D eigenvalue weighted by atomic mass is 9.93. The predicted molar refractivity (Wildman–Crippen MR) is 74.4 cm³/mol. The first-order chi connectivity index (χ1) is 9.79. The van der Waals surface area contributed by atoms with E-state index < -0.39 is 0 Å². The van der Waals surface area contributed by atoms with E-state index in [0.29, 0.717) is 18.1 Å². The predicted octanol–water partition coefficient (Wildman–Crippen LogP) is 2.00. The zero-order valence-corrected chi connectivity index (χ0v) is 12.4. The Bertz CT molecular complexity index is 435. The monoisotopic (exact) mass is 280 g/mol. The van der Waals surface area contributed by atoms with Gasteiger partial charge in [-0.25, -0.2) is 0 Å². The summed E-state index contributed by atoms with van der Waals surface area (Å²) < 4.78 is 16.6. The summed E-state index contributed by atoms with van der Waals surface area (Å²) in [6, 6.07) is 0.450. The van der Waals surface area contributed by atoms with Gasteiger partial charge in [0.1, 0.15) is 5.76 Å². The summed E-state index contributed by atoms with van der Waals surface area (Å²) in [5, 5.41) is 3.88. The molecule has 1 saturated carbocycles. The molecule has 1 aromatic rings. The van der Waals surface area contributed by atoms with Gasteiger partial charge in [0.05, 0.1) is 25.5 Å². The third-order valence-electron chi connectivity index (χ3n) is 4.80. The molecule has 3 rings (SSSR count). The molecule has 0 N–H and O–H groups in total. The SMILES string of the molecule is CO[C@@H]1CCC[C@H]1[C@H]1COCCN1Cc1cnoc1C. The fraction of sp³-hybridized carbons (Fsp3) is 0.800. The molecule has 5 heteroatoms. The highest BCUT2D eigenvalue weighted by Crippen LogP contribution is 2.34. The Labute approximate surface area is 120 Å². The van der Waals surface area contributed by atoms with Crippen LogP contribution in [0.1, 0.15) is 30.6 Å². The van der Waals surface area contributed by atoms with Gasteiger partial charge in [0.25, 0.3) is 0 Å². The van der Waals surface area contributed by atoms with E-state index in [0.717, 1.165) is 32.1 Å². The van der Waals surface area contributed by atoms with Crippen LogP contribution >= 0.6 is 0 Å². The zero-order chi connectivity index (χ0) is 13.9. The first-order valence-corrected chi connectivity index (χ1v) is 7.54. The summed E-state index contributed by atoms with van der Waals surface area (Å²) >= 11 is 0. The summed E-state index contributed by atoms with van der Waals surface area (Å²) in [4.78, 5) is 2.52. The van der Waals surface area contributed by atoms with Crippen molar-refractivity contribution in [2.24, 2.45) is 5.92 Å². The molecular weight excluding hydrogens is 256 g/mol. The number of aromatic nitrogens is 1. The fourth-order valence-corrected chi connectivity index (χ4v) is 3.62. The Morgan fingerprint density at radius 3 is 3.10 bits per heavy atom. The molecule has 2 heterocycles. The number of methoxy groups -OCH3 is 1. The molecule has 0 unspecified atom stereocenters. The third kappa shape index (κ3) is 2.75. The van der Waals surface area contributed by atoms with Crippen molar-refractivity contribution in [3.63, 3.8) is 0 Å². The first-order valence-electron chi connectivity index (χ1n) is 7.54. The van der Waals surface area contributed by atoms with Crippen LogP contribution in [0.5, 0.6) is 0 Å². The van der Waals surface area contributed by atoms with Gasteiger partial charge in [-0.15, -0.1) is 0 Å². The minimum absolute atomic E-state index is 0.382. The number of rotatable bonds is 4. The van der Waals surface area contributed by atoms with Gasteiger partial charge in [-0.3, -0.25) is 4.90 Å². The van der Waals surface area contributed by atoms with Gasteiger partial charge in [-0.05, 0) is 19.8 Å². The molecule has 1 aromatic heterocycles. The maximum atomic E-state index is 5.73. The second-order valence-corrected chi connectivity index (χ2v) is 5.89. The summed E-state index contributed by atoms with van der Waals surface area (Å²) in [6.45, 7) is 5.48. The van der Waals surface area contributed by atoms with E-state index in [9.17, 15) is 0 Å². The van der Waals surface area contributed by atoms with Crippen molar-refractivity contribution in [3.8, 4) is 0 Å². The van der Waals surface area contributed by atoms with Crippen LogP contribution in [-0.2, 0) is 16.0 Å². The van der Waals surface area contributed by atoms with E-state index >= 15 is 0 Å². The average molecular weight is 280 g/mol. The first kappa shape index (κ1) is 14.0. The molecule has 0 spiro atoms. The molecule has 1 aliphatic heterocycles. The Morgan fingerprint density at radius 1 is 1.45 bits per heavy atom. The van der Waals surface area contributed by atoms with Crippen molar-refractivity contribution in [1.82, 2.24) is 10.1 Å². The Hall–Kier alpha value is -0.910. The summed E-state index contributed by atoms with van der Waals surface area (Å²) in [5.74, 6) is 1.51. The highest BCUT2D eigenvalue weighted by atomic mass is 16.5. The smallest absolute Gasteiger partial charge is 0.138 e. The highest BCUT2D eigenvalue weighted by Gasteiger charge is 2.38. The molecule has 112 valence electrons. The van der Waals surface area contributed by atoms with Gasteiger partial charge < -0.3 is 14.0 Å². The minimum atomic E-state index is 0.382.